The summed E-state index contributed by atoms with van der Waals surface area (Å²) < 4.78 is 5.46. The molecule has 2 rings (SSSR count). The SMILES string of the molecule is O=C1CCCCCC(N2CCCC2)O1. The Bertz CT molecular complexity index is 199. The third-order valence-corrected chi connectivity index (χ3v) is 3.15. The third-order valence-electron chi connectivity index (χ3n) is 3.15. The average molecular weight is 197 g/mol. The number of ether oxygens (including phenoxy) is 1. The maximum atomic E-state index is 11.4. The molecule has 1 unspecified atom stereocenters. The van der Waals surface area contributed by atoms with Gasteiger partial charge in [-0.15, -0.1) is 0 Å². The summed E-state index contributed by atoms with van der Waals surface area (Å²) in [6.07, 6.45) is 7.64. The molecule has 3 nitrogen and oxygen atoms in total. The van der Waals surface area contributed by atoms with Crippen molar-refractivity contribution in [2.75, 3.05) is 13.1 Å². The van der Waals surface area contributed by atoms with Gasteiger partial charge in [-0.2, -0.15) is 0 Å². The second-order valence-corrected chi connectivity index (χ2v) is 4.29. The molecule has 0 bridgehead atoms. The highest BCUT2D eigenvalue weighted by atomic mass is 16.6. The van der Waals surface area contributed by atoms with Crippen molar-refractivity contribution in [3.8, 4) is 0 Å². The summed E-state index contributed by atoms with van der Waals surface area (Å²) in [5.74, 6) is 0.00148. The van der Waals surface area contributed by atoms with Crippen LogP contribution in [0.2, 0.25) is 0 Å². The highest BCUT2D eigenvalue weighted by Gasteiger charge is 2.25. The monoisotopic (exact) mass is 197 g/mol. The molecular formula is C11H19NO2. The van der Waals surface area contributed by atoms with E-state index in [1.165, 1.54) is 25.7 Å². The van der Waals surface area contributed by atoms with Crippen LogP contribution in [0, 0.1) is 0 Å². The third kappa shape index (κ3) is 2.47. The maximum absolute atomic E-state index is 11.4. The van der Waals surface area contributed by atoms with Gasteiger partial charge in [0.2, 0.25) is 0 Å². The van der Waals surface area contributed by atoms with E-state index in [-0.39, 0.29) is 12.2 Å². The van der Waals surface area contributed by atoms with E-state index in [1.54, 1.807) is 0 Å². The molecule has 2 saturated heterocycles. The number of cyclic esters (lactones) is 1. The Balaban J connectivity index is 1.90. The molecule has 0 spiro atoms. The van der Waals surface area contributed by atoms with E-state index in [2.05, 4.69) is 4.90 Å². The summed E-state index contributed by atoms with van der Waals surface area (Å²) in [5.41, 5.74) is 0. The average Bonchev–Trinajstić information content (AvgIpc) is 2.63. The molecule has 0 aliphatic carbocycles. The highest BCUT2D eigenvalue weighted by molar-refractivity contribution is 5.69. The molecule has 0 aromatic heterocycles. The molecule has 0 amide bonds. The van der Waals surface area contributed by atoms with E-state index in [0.29, 0.717) is 6.42 Å². The van der Waals surface area contributed by atoms with Gasteiger partial charge in [0.25, 0.3) is 0 Å². The predicted molar refractivity (Wildman–Crippen MR) is 53.8 cm³/mol. The lowest BCUT2D eigenvalue weighted by atomic mass is 10.1. The summed E-state index contributed by atoms with van der Waals surface area (Å²) in [6, 6.07) is 0. The van der Waals surface area contributed by atoms with Crippen molar-refractivity contribution < 1.29 is 9.53 Å². The predicted octanol–water partition coefficient (Wildman–Crippen LogP) is 1.92. The molecule has 0 radical (unpaired) electrons. The van der Waals surface area contributed by atoms with E-state index in [1.807, 2.05) is 0 Å². The van der Waals surface area contributed by atoms with Gasteiger partial charge in [0.1, 0.15) is 0 Å². The summed E-state index contributed by atoms with van der Waals surface area (Å²) >= 11 is 0. The summed E-state index contributed by atoms with van der Waals surface area (Å²) in [5, 5.41) is 0. The maximum Gasteiger partial charge on any atom is 0.307 e. The largest absolute Gasteiger partial charge is 0.446 e. The van der Waals surface area contributed by atoms with Crippen LogP contribution in [0.25, 0.3) is 0 Å². The van der Waals surface area contributed by atoms with E-state index >= 15 is 0 Å². The summed E-state index contributed by atoms with van der Waals surface area (Å²) in [7, 11) is 0. The van der Waals surface area contributed by atoms with Gasteiger partial charge < -0.3 is 4.74 Å². The number of nitrogens with zero attached hydrogens (tertiary/aromatic N) is 1. The van der Waals surface area contributed by atoms with Crippen LogP contribution in [-0.2, 0) is 9.53 Å². The van der Waals surface area contributed by atoms with Crippen molar-refractivity contribution in [2.24, 2.45) is 0 Å². The minimum absolute atomic E-state index is 0.00148. The van der Waals surface area contributed by atoms with Crippen LogP contribution in [-0.4, -0.2) is 30.2 Å². The first kappa shape index (κ1) is 9.97. The highest BCUT2D eigenvalue weighted by Crippen LogP contribution is 2.20. The Morgan fingerprint density at radius 1 is 1.07 bits per heavy atom. The summed E-state index contributed by atoms with van der Waals surface area (Å²) in [6.45, 7) is 2.22. The van der Waals surface area contributed by atoms with Gasteiger partial charge in [-0.05, 0) is 32.1 Å². The first-order valence-corrected chi connectivity index (χ1v) is 5.80. The van der Waals surface area contributed by atoms with Crippen molar-refractivity contribution in [1.29, 1.82) is 0 Å². The number of esters is 1. The smallest absolute Gasteiger partial charge is 0.307 e. The molecular weight excluding hydrogens is 178 g/mol. The molecule has 0 aromatic rings. The zero-order valence-corrected chi connectivity index (χ0v) is 8.71. The second kappa shape index (κ2) is 4.78. The molecule has 0 saturated carbocycles. The minimum atomic E-state index is 0.00148. The number of hydrogen-bond acceptors (Lipinski definition) is 3. The van der Waals surface area contributed by atoms with E-state index in [4.69, 9.17) is 4.74 Å². The molecule has 2 heterocycles. The van der Waals surface area contributed by atoms with Crippen LogP contribution in [0.3, 0.4) is 0 Å². The fourth-order valence-corrected chi connectivity index (χ4v) is 2.32. The molecule has 80 valence electrons. The van der Waals surface area contributed by atoms with Gasteiger partial charge in [-0.25, -0.2) is 0 Å². The zero-order valence-electron chi connectivity index (χ0n) is 8.71. The molecule has 0 N–H and O–H groups in total. The topological polar surface area (TPSA) is 29.5 Å². The number of hydrogen-bond donors (Lipinski definition) is 0. The van der Waals surface area contributed by atoms with Gasteiger partial charge >= 0.3 is 5.97 Å². The van der Waals surface area contributed by atoms with Crippen LogP contribution in [0.15, 0.2) is 0 Å². The Hall–Kier alpha value is -0.570. The Kier molecular flexibility index (Phi) is 3.40. The Morgan fingerprint density at radius 3 is 2.64 bits per heavy atom. The lowest BCUT2D eigenvalue weighted by molar-refractivity contribution is -0.160. The number of carbonyl (C=O) groups excluding carboxylic acids is 1. The fourth-order valence-electron chi connectivity index (χ4n) is 2.32. The van der Waals surface area contributed by atoms with Gasteiger partial charge in [-0.3, -0.25) is 9.69 Å². The molecule has 14 heavy (non-hydrogen) atoms. The fraction of sp³-hybridized carbons (Fsp3) is 0.909. The van der Waals surface area contributed by atoms with Crippen LogP contribution < -0.4 is 0 Å². The van der Waals surface area contributed by atoms with Crippen LogP contribution in [0.1, 0.15) is 44.9 Å². The van der Waals surface area contributed by atoms with E-state index in [0.717, 1.165) is 25.9 Å². The normalized spacial score (nSPS) is 30.9. The van der Waals surface area contributed by atoms with Crippen LogP contribution in [0.5, 0.6) is 0 Å². The number of carbonyl (C=O) groups is 1. The van der Waals surface area contributed by atoms with Crippen molar-refractivity contribution in [3.05, 3.63) is 0 Å². The van der Waals surface area contributed by atoms with Gasteiger partial charge in [0.05, 0.1) is 0 Å². The standard InChI is InChI=1S/C11H19NO2/c13-11-7-3-1-2-6-10(14-11)12-8-4-5-9-12/h10H,1-9H2. The van der Waals surface area contributed by atoms with Gasteiger partial charge in [0.15, 0.2) is 6.23 Å². The second-order valence-electron chi connectivity index (χ2n) is 4.29. The van der Waals surface area contributed by atoms with Gasteiger partial charge in [0, 0.05) is 19.5 Å². The molecule has 0 aromatic carbocycles. The Labute approximate surface area is 85.4 Å². The van der Waals surface area contributed by atoms with Crippen molar-refractivity contribution in [2.45, 2.75) is 51.2 Å². The molecule has 2 aliphatic heterocycles. The van der Waals surface area contributed by atoms with Gasteiger partial charge in [-0.1, -0.05) is 6.42 Å². The molecule has 2 aliphatic rings. The van der Waals surface area contributed by atoms with Crippen molar-refractivity contribution in [1.82, 2.24) is 4.90 Å². The summed E-state index contributed by atoms with van der Waals surface area (Å²) in [4.78, 5) is 13.7. The number of likely N-dealkylation sites (tertiary alicyclic amines) is 1. The first-order valence-electron chi connectivity index (χ1n) is 5.80. The van der Waals surface area contributed by atoms with E-state index in [9.17, 15) is 4.79 Å². The zero-order chi connectivity index (χ0) is 9.80. The lowest BCUT2D eigenvalue weighted by Gasteiger charge is -2.28. The molecule has 1 atom stereocenters. The van der Waals surface area contributed by atoms with Crippen molar-refractivity contribution >= 4 is 5.97 Å². The van der Waals surface area contributed by atoms with Crippen LogP contribution >= 0.6 is 0 Å². The Morgan fingerprint density at radius 2 is 1.86 bits per heavy atom. The lowest BCUT2D eigenvalue weighted by Crippen LogP contribution is -2.37. The minimum Gasteiger partial charge on any atom is -0.446 e. The van der Waals surface area contributed by atoms with E-state index < -0.39 is 0 Å². The van der Waals surface area contributed by atoms with Crippen molar-refractivity contribution in [3.63, 3.8) is 0 Å². The quantitative estimate of drug-likeness (QED) is 0.601. The first-order chi connectivity index (χ1) is 6.86. The molecule has 3 heteroatoms. The molecule has 2 fully saturated rings. The number of rotatable bonds is 1. The van der Waals surface area contributed by atoms with Crippen LogP contribution in [0.4, 0.5) is 0 Å².